The molecular weight excluding hydrogens is 243 g/mol. The summed E-state index contributed by atoms with van der Waals surface area (Å²) >= 11 is 0. The predicted octanol–water partition coefficient (Wildman–Crippen LogP) is -2.79. The second kappa shape index (κ2) is 6.33. The van der Waals surface area contributed by atoms with E-state index in [9.17, 15) is 15.0 Å². The second-order valence-electron chi connectivity index (χ2n) is 4.04. The third-order valence-electron chi connectivity index (χ3n) is 2.66. The van der Waals surface area contributed by atoms with Gasteiger partial charge in [-0.15, -0.1) is 0 Å². The molecule has 0 bridgehead atoms. The molecule has 2 aromatic heterocycles. The van der Waals surface area contributed by atoms with Crippen molar-refractivity contribution >= 4 is 11.6 Å². The second-order valence-corrected chi connectivity index (χ2v) is 4.04. The molecule has 0 aliphatic carbocycles. The van der Waals surface area contributed by atoms with Gasteiger partial charge in [0.05, 0.1) is 18.0 Å². The van der Waals surface area contributed by atoms with Gasteiger partial charge in [-0.3, -0.25) is 0 Å². The molecule has 6 heteroatoms. The molecule has 0 aliphatic heterocycles. The number of carbonyl (C=O) groups excluding carboxylic acids is 1. The first-order valence-electron chi connectivity index (χ1n) is 5.39. The van der Waals surface area contributed by atoms with Crippen LogP contribution in [0.1, 0.15) is 30.2 Å². The number of aromatic nitrogens is 2. The number of carboxylic acid groups (broad SMARTS) is 1. The van der Waals surface area contributed by atoms with E-state index in [1.807, 2.05) is 25.3 Å². The fraction of sp³-hybridized carbons (Fsp3) is 0.333. The Balaban J connectivity index is 0.00000162. The molecule has 5 nitrogen and oxygen atoms in total. The van der Waals surface area contributed by atoms with Gasteiger partial charge in [-0.1, -0.05) is 0 Å². The monoisotopic (exact) mass is 256 g/mol. The molecule has 0 radical (unpaired) electrons. The van der Waals surface area contributed by atoms with Crippen LogP contribution in [0.25, 0.3) is 5.65 Å². The van der Waals surface area contributed by atoms with Crippen LogP contribution in [0.15, 0.2) is 24.5 Å². The van der Waals surface area contributed by atoms with Crippen LogP contribution in [0.2, 0.25) is 0 Å². The van der Waals surface area contributed by atoms with Crippen molar-refractivity contribution in [2.75, 3.05) is 0 Å². The maximum atomic E-state index is 10.3. The number of aryl methyl sites for hydroxylation is 1. The Hall–Kier alpha value is -0.880. The maximum absolute atomic E-state index is 10.3. The minimum absolute atomic E-state index is 0. The van der Waals surface area contributed by atoms with Gasteiger partial charge in [0, 0.05) is 12.2 Å². The summed E-state index contributed by atoms with van der Waals surface area (Å²) < 4.78 is 1.76. The number of aliphatic hydroxyl groups excluding tert-OH is 1. The zero-order chi connectivity index (χ0) is 12.4. The number of carboxylic acids is 1. The Morgan fingerprint density at radius 1 is 1.61 bits per heavy atom. The summed E-state index contributed by atoms with van der Waals surface area (Å²) in [5.41, 5.74) is 2.42. The van der Waals surface area contributed by atoms with Crippen LogP contribution < -0.4 is 34.7 Å². The number of fused-ring (bicyclic) bond motifs is 1. The van der Waals surface area contributed by atoms with Gasteiger partial charge in [0.25, 0.3) is 0 Å². The molecule has 18 heavy (non-hydrogen) atoms. The Morgan fingerprint density at radius 2 is 2.33 bits per heavy atom. The molecule has 1 atom stereocenters. The summed E-state index contributed by atoms with van der Waals surface area (Å²) in [6.07, 6.45) is 2.50. The van der Waals surface area contributed by atoms with Crippen LogP contribution in [0, 0.1) is 6.92 Å². The molecule has 1 unspecified atom stereocenters. The van der Waals surface area contributed by atoms with Crippen molar-refractivity contribution in [2.24, 2.45) is 0 Å². The minimum atomic E-state index is -1.16. The summed E-state index contributed by atoms with van der Waals surface area (Å²) in [7, 11) is 0. The van der Waals surface area contributed by atoms with Gasteiger partial charge in [0.15, 0.2) is 0 Å². The third kappa shape index (κ3) is 3.32. The number of hydrogen-bond donors (Lipinski definition) is 1. The van der Waals surface area contributed by atoms with Crippen LogP contribution in [-0.2, 0) is 4.79 Å². The van der Waals surface area contributed by atoms with Crippen molar-refractivity contribution < 1.29 is 44.6 Å². The van der Waals surface area contributed by atoms with E-state index in [-0.39, 0.29) is 42.4 Å². The maximum Gasteiger partial charge on any atom is 1.00 e. The first-order chi connectivity index (χ1) is 8.08. The van der Waals surface area contributed by atoms with Gasteiger partial charge >= 0.3 is 29.6 Å². The van der Waals surface area contributed by atoms with Crippen molar-refractivity contribution in [3.63, 3.8) is 0 Å². The topological polar surface area (TPSA) is 77.7 Å². The van der Waals surface area contributed by atoms with Gasteiger partial charge in [-0.2, -0.15) is 0 Å². The molecule has 2 heterocycles. The summed E-state index contributed by atoms with van der Waals surface area (Å²) in [5, 5.41) is 20.2. The van der Waals surface area contributed by atoms with Gasteiger partial charge in [0.2, 0.25) is 0 Å². The molecule has 0 saturated heterocycles. The van der Waals surface area contributed by atoms with E-state index in [0.29, 0.717) is 5.69 Å². The zero-order valence-electron chi connectivity index (χ0n) is 10.5. The Kier molecular flexibility index (Phi) is 5.34. The number of nitrogens with zero attached hydrogens (tertiary/aromatic N) is 2. The number of aliphatic hydroxyl groups is 1. The molecule has 0 amide bonds. The van der Waals surface area contributed by atoms with Crippen molar-refractivity contribution in [1.82, 2.24) is 9.38 Å². The van der Waals surface area contributed by atoms with Crippen LogP contribution >= 0.6 is 0 Å². The first-order valence-corrected chi connectivity index (χ1v) is 5.39. The van der Waals surface area contributed by atoms with Crippen molar-refractivity contribution in [3.8, 4) is 0 Å². The summed E-state index contributed by atoms with van der Waals surface area (Å²) in [4.78, 5) is 14.5. The third-order valence-corrected chi connectivity index (χ3v) is 2.66. The van der Waals surface area contributed by atoms with E-state index < -0.39 is 12.1 Å². The molecule has 0 spiro atoms. The standard InChI is InChI=1S/C12H14N2O3.Na/c1-8-4-5-14-9(7-13-11(14)6-8)10(15)2-3-12(16)17;/h4-7,10,15H,2-3H2,1H3,(H,16,17);/q;+1/p-1. The Morgan fingerprint density at radius 3 is 3.00 bits per heavy atom. The molecule has 0 aliphatic rings. The molecule has 90 valence electrons. The minimum Gasteiger partial charge on any atom is -0.550 e. The fourth-order valence-electron chi connectivity index (χ4n) is 1.75. The molecule has 2 rings (SSSR count). The smallest absolute Gasteiger partial charge is 0.550 e. The molecule has 0 fully saturated rings. The number of hydrogen-bond acceptors (Lipinski definition) is 4. The van der Waals surface area contributed by atoms with Gasteiger partial charge in [-0.05, 0) is 37.5 Å². The van der Waals surface area contributed by atoms with E-state index in [0.717, 1.165) is 11.2 Å². The Labute approximate surface area is 127 Å². The van der Waals surface area contributed by atoms with E-state index in [1.165, 1.54) is 0 Å². The molecule has 1 N–H and O–H groups in total. The van der Waals surface area contributed by atoms with E-state index in [4.69, 9.17) is 0 Å². The van der Waals surface area contributed by atoms with E-state index in [1.54, 1.807) is 10.6 Å². The summed E-state index contributed by atoms with van der Waals surface area (Å²) in [6.45, 7) is 1.96. The van der Waals surface area contributed by atoms with E-state index in [2.05, 4.69) is 4.98 Å². The molecule has 2 aromatic rings. The van der Waals surface area contributed by atoms with Gasteiger partial charge in [-0.25, -0.2) is 4.98 Å². The zero-order valence-corrected chi connectivity index (χ0v) is 12.5. The van der Waals surface area contributed by atoms with E-state index >= 15 is 0 Å². The van der Waals surface area contributed by atoms with Crippen molar-refractivity contribution in [2.45, 2.75) is 25.9 Å². The normalized spacial score (nSPS) is 12.1. The van der Waals surface area contributed by atoms with Crippen LogP contribution in [0.3, 0.4) is 0 Å². The number of pyridine rings is 1. The number of rotatable bonds is 4. The number of imidazole rings is 1. The summed E-state index contributed by atoms with van der Waals surface area (Å²) in [5.74, 6) is -1.16. The first kappa shape index (κ1) is 15.2. The predicted molar refractivity (Wildman–Crippen MR) is 59.1 cm³/mol. The van der Waals surface area contributed by atoms with Crippen LogP contribution in [0.5, 0.6) is 0 Å². The SMILES string of the molecule is Cc1ccn2c(C(O)CCC(=O)[O-])cnc2c1.[Na+]. The summed E-state index contributed by atoms with van der Waals surface area (Å²) in [6, 6.07) is 3.80. The largest absolute Gasteiger partial charge is 1.00 e. The quantitative estimate of drug-likeness (QED) is 0.600. The average Bonchev–Trinajstić information content (AvgIpc) is 2.68. The average molecular weight is 256 g/mol. The fourth-order valence-corrected chi connectivity index (χ4v) is 1.75. The van der Waals surface area contributed by atoms with Crippen LogP contribution in [-0.4, -0.2) is 20.5 Å². The Bertz CT molecular complexity index is 553. The number of carbonyl (C=O) groups is 1. The molecule has 0 saturated carbocycles. The van der Waals surface area contributed by atoms with Gasteiger partial charge in [0.1, 0.15) is 5.65 Å². The van der Waals surface area contributed by atoms with Crippen molar-refractivity contribution in [1.29, 1.82) is 0 Å². The van der Waals surface area contributed by atoms with Crippen molar-refractivity contribution in [3.05, 3.63) is 35.8 Å². The van der Waals surface area contributed by atoms with Gasteiger partial charge < -0.3 is 19.4 Å². The molecular formula is C12H13N2NaO3. The molecule has 0 aromatic carbocycles. The number of aliphatic carboxylic acids is 1. The van der Waals surface area contributed by atoms with Crippen LogP contribution in [0.4, 0.5) is 0 Å².